The second kappa shape index (κ2) is 7.36. The SMILES string of the molecule is Cc1cc([N+](=O)[O-])ccc1NC(=O)COC(=O)c1ccccc1C. The van der Waals surface area contributed by atoms with Crippen LogP contribution in [0.15, 0.2) is 42.5 Å². The number of nitro groups is 1. The van der Waals surface area contributed by atoms with Gasteiger partial charge in [0, 0.05) is 17.8 Å². The van der Waals surface area contributed by atoms with Crippen LogP contribution >= 0.6 is 0 Å². The third-order valence-corrected chi connectivity index (χ3v) is 3.39. The van der Waals surface area contributed by atoms with E-state index in [1.807, 2.05) is 0 Å². The summed E-state index contributed by atoms with van der Waals surface area (Å²) in [5.74, 6) is -1.10. The number of hydrogen-bond donors (Lipinski definition) is 1. The van der Waals surface area contributed by atoms with Crippen molar-refractivity contribution in [1.29, 1.82) is 0 Å². The molecular weight excluding hydrogens is 312 g/mol. The predicted octanol–water partition coefficient (Wildman–Crippen LogP) is 3.01. The Morgan fingerprint density at radius 3 is 2.46 bits per heavy atom. The molecule has 0 atom stereocenters. The fourth-order valence-electron chi connectivity index (χ4n) is 2.10. The average molecular weight is 328 g/mol. The molecule has 0 saturated heterocycles. The first-order valence-corrected chi connectivity index (χ1v) is 7.16. The van der Waals surface area contributed by atoms with Crippen LogP contribution < -0.4 is 5.32 Å². The maximum atomic E-state index is 11.9. The minimum absolute atomic E-state index is 0.0588. The van der Waals surface area contributed by atoms with Crippen molar-refractivity contribution in [2.24, 2.45) is 0 Å². The molecule has 1 N–H and O–H groups in total. The fourth-order valence-corrected chi connectivity index (χ4v) is 2.10. The van der Waals surface area contributed by atoms with Crippen molar-refractivity contribution in [3.05, 3.63) is 69.3 Å². The van der Waals surface area contributed by atoms with E-state index in [4.69, 9.17) is 4.74 Å². The first-order valence-electron chi connectivity index (χ1n) is 7.16. The van der Waals surface area contributed by atoms with Crippen molar-refractivity contribution < 1.29 is 19.2 Å². The second-order valence-electron chi connectivity index (χ2n) is 5.20. The number of hydrogen-bond acceptors (Lipinski definition) is 5. The molecule has 0 bridgehead atoms. The van der Waals surface area contributed by atoms with Crippen LogP contribution in [0.1, 0.15) is 21.5 Å². The van der Waals surface area contributed by atoms with Gasteiger partial charge in [-0.1, -0.05) is 18.2 Å². The number of nitrogens with zero attached hydrogens (tertiary/aromatic N) is 1. The molecule has 0 heterocycles. The minimum atomic E-state index is -0.580. The molecule has 0 saturated carbocycles. The van der Waals surface area contributed by atoms with Gasteiger partial charge in [-0.15, -0.1) is 0 Å². The van der Waals surface area contributed by atoms with Crippen molar-refractivity contribution in [2.45, 2.75) is 13.8 Å². The number of nitrogens with one attached hydrogen (secondary N) is 1. The second-order valence-corrected chi connectivity index (χ2v) is 5.20. The monoisotopic (exact) mass is 328 g/mol. The molecule has 2 rings (SSSR count). The molecule has 7 nitrogen and oxygen atoms in total. The molecule has 7 heteroatoms. The normalized spacial score (nSPS) is 10.1. The first kappa shape index (κ1) is 17.1. The minimum Gasteiger partial charge on any atom is -0.452 e. The van der Waals surface area contributed by atoms with Crippen LogP contribution in [0, 0.1) is 24.0 Å². The van der Waals surface area contributed by atoms with Gasteiger partial charge in [0.15, 0.2) is 6.61 Å². The molecule has 0 unspecified atom stereocenters. The Labute approximate surface area is 138 Å². The lowest BCUT2D eigenvalue weighted by molar-refractivity contribution is -0.384. The summed E-state index contributed by atoms with van der Waals surface area (Å²) in [7, 11) is 0. The number of esters is 1. The van der Waals surface area contributed by atoms with Gasteiger partial charge in [-0.2, -0.15) is 0 Å². The molecule has 1 amide bonds. The predicted molar refractivity (Wildman–Crippen MR) is 87.9 cm³/mol. The fraction of sp³-hybridized carbons (Fsp3) is 0.176. The summed E-state index contributed by atoms with van der Waals surface area (Å²) in [6.07, 6.45) is 0. The van der Waals surface area contributed by atoms with E-state index in [1.54, 1.807) is 38.1 Å². The third kappa shape index (κ3) is 4.16. The highest BCUT2D eigenvalue weighted by Crippen LogP contribution is 2.21. The Hall–Kier alpha value is -3.22. The van der Waals surface area contributed by atoms with Crippen molar-refractivity contribution in [1.82, 2.24) is 0 Å². The molecule has 24 heavy (non-hydrogen) atoms. The molecule has 2 aromatic carbocycles. The molecule has 0 aliphatic heterocycles. The molecule has 2 aromatic rings. The number of ether oxygens (including phenoxy) is 1. The molecular formula is C17H16N2O5. The molecule has 0 aliphatic carbocycles. The number of carbonyl (C=O) groups is 2. The number of nitro benzene ring substituents is 1. The molecule has 0 radical (unpaired) electrons. The Morgan fingerprint density at radius 2 is 1.83 bits per heavy atom. The van der Waals surface area contributed by atoms with Crippen molar-refractivity contribution in [3.8, 4) is 0 Å². The topological polar surface area (TPSA) is 98.5 Å². The summed E-state index contributed by atoms with van der Waals surface area (Å²) >= 11 is 0. The van der Waals surface area contributed by atoms with Crippen molar-refractivity contribution in [2.75, 3.05) is 11.9 Å². The lowest BCUT2D eigenvalue weighted by atomic mass is 10.1. The number of carbonyl (C=O) groups excluding carboxylic acids is 2. The van der Waals surface area contributed by atoms with Gasteiger partial charge < -0.3 is 10.1 Å². The van der Waals surface area contributed by atoms with E-state index in [9.17, 15) is 19.7 Å². The quantitative estimate of drug-likeness (QED) is 0.517. The summed E-state index contributed by atoms with van der Waals surface area (Å²) in [6.45, 7) is 2.97. The standard InChI is InChI=1S/C17H16N2O5/c1-11-5-3-4-6-14(11)17(21)24-10-16(20)18-15-8-7-13(19(22)23)9-12(15)2/h3-9H,10H2,1-2H3,(H,18,20). The van der Waals surface area contributed by atoms with Gasteiger partial charge in [-0.05, 0) is 37.1 Å². The van der Waals surface area contributed by atoms with Crippen LogP contribution in [0.3, 0.4) is 0 Å². The largest absolute Gasteiger partial charge is 0.452 e. The van der Waals surface area contributed by atoms with E-state index in [-0.39, 0.29) is 5.69 Å². The van der Waals surface area contributed by atoms with Crippen molar-refractivity contribution in [3.63, 3.8) is 0 Å². The number of benzene rings is 2. The van der Waals surface area contributed by atoms with Crippen molar-refractivity contribution >= 4 is 23.3 Å². The van der Waals surface area contributed by atoms with Gasteiger partial charge in [0.25, 0.3) is 11.6 Å². The van der Waals surface area contributed by atoms with Crippen LogP contribution in [-0.2, 0) is 9.53 Å². The number of non-ortho nitro benzene ring substituents is 1. The molecule has 0 fully saturated rings. The summed E-state index contributed by atoms with van der Waals surface area (Å²) in [4.78, 5) is 34.0. The molecule has 0 aliphatic rings. The van der Waals surface area contributed by atoms with Gasteiger partial charge >= 0.3 is 5.97 Å². The lowest BCUT2D eigenvalue weighted by Gasteiger charge is -2.09. The Balaban J connectivity index is 1.95. The maximum absolute atomic E-state index is 11.9. The molecule has 0 aromatic heterocycles. The average Bonchev–Trinajstić information content (AvgIpc) is 2.54. The number of anilines is 1. The number of amides is 1. The van der Waals surface area contributed by atoms with Gasteiger partial charge in [-0.3, -0.25) is 14.9 Å². The van der Waals surface area contributed by atoms with Crippen LogP contribution in [0.2, 0.25) is 0 Å². The Bertz CT molecular complexity index is 801. The van der Waals surface area contributed by atoms with Crippen LogP contribution in [-0.4, -0.2) is 23.4 Å². The first-order chi connectivity index (χ1) is 11.4. The summed E-state index contributed by atoms with van der Waals surface area (Å²) < 4.78 is 4.99. The zero-order valence-electron chi connectivity index (χ0n) is 13.2. The van der Waals surface area contributed by atoms with Crippen LogP contribution in [0.25, 0.3) is 0 Å². The zero-order chi connectivity index (χ0) is 17.7. The van der Waals surface area contributed by atoms with Gasteiger partial charge in [0.05, 0.1) is 10.5 Å². The lowest BCUT2D eigenvalue weighted by Crippen LogP contribution is -2.21. The molecule has 0 spiro atoms. The van der Waals surface area contributed by atoms with E-state index in [1.165, 1.54) is 18.2 Å². The summed E-state index contributed by atoms with van der Waals surface area (Å²) in [5, 5.41) is 13.2. The van der Waals surface area contributed by atoms with Gasteiger partial charge in [0.1, 0.15) is 0 Å². The van der Waals surface area contributed by atoms with Gasteiger partial charge in [0.2, 0.25) is 0 Å². The summed E-state index contributed by atoms with van der Waals surface area (Å²) in [5.41, 5.74) is 2.07. The Kier molecular flexibility index (Phi) is 5.26. The molecule has 124 valence electrons. The van der Waals surface area contributed by atoms with E-state index in [0.29, 0.717) is 16.8 Å². The Morgan fingerprint density at radius 1 is 1.12 bits per heavy atom. The van der Waals surface area contributed by atoms with E-state index in [0.717, 1.165) is 5.56 Å². The van der Waals surface area contributed by atoms with Crippen LogP contribution in [0.5, 0.6) is 0 Å². The highest BCUT2D eigenvalue weighted by atomic mass is 16.6. The van der Waals surface area contributed by atoms with Gasteiger partial charge in [-0.25, -0.2) is 4.79 Å². The van der Waals surface area contributed by atoms with E-state index < -0.39 is 23.4 Å². The maximum Gasteiger partial charge on any atom is 0.338 e. The highest BCUT2D eigenvalue weighted by Gasteiger charge is 2.14. The van der Waals surface area contributed by atoms with E-state index >= 15 is 0 Å². The highest BCUT2D eigenvalue weighted by molar-refractivity contribution is 5.96. The smallest absolute Gasteiger partial charge is 0.338 e. The van der Waals surface area contributed by atoms with E-state index in [2.05, 4.69) is 5.32 Å². The van der Waals surface area contributed by atoms with Crippen LogP contribution in [0.4, 0.5) is 11.4 Å². The zero-order valence-corrected chi connectivity index (χ0v) is 13.2. The summed E-state index contributed by atoms with van der Waals surface area (Å²) in [6, 6.07) is 11.0. The number of rotatable bonds is 5. The number of aryl methyl sites for hydroxylation is 2. The third-order valence-electron chi connectivity index (χ3n) is 3.39.